The molecule has 1 unspecified atom stereocenters. The number of aromatic nitrogens is 2. The minimum Gasteiger partial charge on any atom is -0.396 e. The summed E-state index contributed by atoms with van der Waals surface area (Å²) in [5.41, 5.74) is 1.12. The first-order valence-corrected chi connectivity index (χ1v) is 11.5. The second-order valence-electron chi connectivity index (χ2n) is 8.41. The molecular formula is C21H31N5O2S. The van der Waals surface area contributed by atoms with Crippen LogP contribution in [0.5, 0.6) is 0 Å². The summed E-state index contributed by atoms with van der Waals surface area (Å²) in [5.74, 6) is 0.794. The fourth-order valence-electron chi connectivity index (χ4n) is 4.69. The third kappa shape index (κ3) is 4.25. The Morgan fingerprint density at radius 3 is 2.76 bits per heavy atom. The highest BCUT2D eigenvalue weighted by molar-refractivity contribution is 7.19. The number of fused-ring (bicyclic) bond motifs is 3. The zero-order chi connectivity index (χ0) is 20.4. The minimum atomic E-state index is -0.145. The molecule has 4 rings (SSSR count). The lowest BCUT2D eigenvalue weighted by Gasteiger charge is -2.33. The van der Waals surface area contributed by atoms with Crippen LogP contribution >= 0.6 is 11.3 Å². The van der Waals surface area contributed by atoms with Gasteiger partial charge in [-0.15, -0.1) is 11.3 Å². The first-order valence-electron chi connectivity index (χ1n) is 10.7. The van der Waals surface area contributed by atoms with Gasteiger partial charge in [0.2, 0.25) is 5.91 Å². The van der Waals surface area contributed by atoms with Crippen molar-refractivity contribution >= 4 is 33.3 Å². The number of nitrogens with zero attached hydrogens (tertiary/aromatic N) is 3. The Hall–Kier alpha value is -1.77. The summed E-state index contributed by atoms with van der Waals surface area (Å²) in [6.07, 6.45) is 8.62. The molecular weight excluding hydrogens is 386 g/mol. The van der Waals surface area contributed by atoms with Crippen LogP contribution in [0.3, 0.4) is 0 Å². The van der Waals surface area contributed by atoms with Gasteiger partial charge in [0.05, 0.1) is 11.3 Å². The van der Waals surface area contributed by atoms with Crippen molar-refractivity contribution in [3.63, 3.8) is 0 Å². The van der Waals surface area contributed by atoms with E-state index in [-0.39, 0.29) is 18.4 Å². The van der Waals surface area contributed by atoms with Crippen molar-refractivity contribution < 1.29 is 9.90 Å². The van der Waals surface area contributed by atoms with Gasteiger partial charge in [0.1, 0.15) is 17.0 Å². The van der Waals surface area contributed by atoms with E-state index < -0.39 is 0 Å². The van der Waals surface area contributed by atoms with E-state index in [1.54, 1.807) is 17.7 Å². The van der Waals surface area contributed by atoms with Crippen molar-refractivity contribution in [2.45, 2.75) is 62.9 Å². The molecule has 29 heavy (non-hydrogen) atoms. The van der Waals surface area contributed by atoms with Gasteiger partial charge in [0.15, 0.2) is 0 Å². The monoisotopic (exact) mass is 417 g/mol. The quantitative estimate of drug-likeness (QED) is 0.600. The predicted molar refractivity (Wildman–Crippen MR) is 117 cm³/mol. The summed E-state index contributed by atoms with van der Waals surface area (Å²) in [7, 11) is 4.32. The summed E-state index contributed by atoms with van der Waals surface area (Å²) in [6.45, 7) is 0.607. The molecule has 0 bridgehead atoms. The molecule has 1 fully saturated rings. The van der Waals surface area contributed by atoms with Crippen LogP contribution < -0.4 is 10.6 Å². The Kier molecular flexibility index (Phi) is 6.32. The molecule has 0 radical (unpaired) electrons. The van der Waals surface area contributed by atoms with Gasteiger partial charge in [-0.3, -0.25) is 4.79 Å². The number of carbonyl (C=O) groups excluding carboxylic acids is 1. The molecule has 3 N–H and O–H groups in total. The van der Waals surface area contributed by atoms with Crippen LogP contribution in [0, 0.1) is 0 Å². The first-order chi connectivity index (χ1) is 14.1. The number of thiophene rings is 1. The molecule has 158 valence electrons. The summed E-state index contributed by atoms with van der Waals surface area (Å²) in [6, 6.07) is 1.08. The molecule has 8 heteroatoms. The number of hydrogen-bond acceptors (Lipinski definition) is 7. The maximum Gasteiger partial charge on any atom is 0.227 e. The van der Waals surface area contributed by atoms with E-state index in [9.17, 15) is 4.79 Å². The van der Waals surface area contributed by atoms with Crippen molar-refractivity contribution in [1.82, 2.24) is 20.2 Å². The maximum absolute atomic E-state index is 12.8. The van der Waals surface area contributed by atoms with Gasteiger partial charge in [-0.1, -0.05) is 0 Å². The number of rotatable bonds is 7. The van der Waals surface area contributed by atoms with Gasteiger partial charge >= 0.3 is 0 Å². The molecule has 0 saturated heterocycles. The number of anilines is 1. The van der Waals surface area contributed by atoms with Crippen LogP contribution in [-0.2, 0) is 11.2 Å². The van der Waals surface area contributed by atoms with E-state index >= 15 is 0 Å². The van der Waals surface area contributed by atoms with E-state index in [1.807, 2.05) is 0 Å². The fraction of sp³-hybridized carbons (Fsp3) is 0.667. The van der Waals surface area contributed by atoms with Crippen molar-refractivity contribution in [1.29, 1.82) is 0 Å². The Morgan fingerprint density at radius 1 is 1.24 bits per heavy atom. The smallest absolute Gasteiger partial charge is 0.227 e. The summed E-state index contributed by atoms with van der Waals surface area (Å²) < 4.78 is 0. The maximum atomic E-state index is 12.8. The third-order valence-corrected chi connectivity index (χ3v) is 7.50. The number of hydrogen-bond donors (Lipinski definition) is 3. The van der Waals surface area contributed by atoms with Crippen LogP contribution in [0.2, 0.25) is 0 Å². The average molecular weight is 418 g/mol. The molecule has 0 aromatic carbocycles. The molecule has 1 amide bonds. The average Bonchev–Trinajstić information content (AvgIpc) is 3.28. The SMILES string of the molecule is CN(C)[C@H]1CC[C@H](Nc2ncnc3sc4c(c23)C(C(=O)NCCCO)CC4)CC1. The van der Waals surface area contributed by atoms with Crippen molar-refractivity contribution in [2.75, 3.05) is 32.6 Å². The molecule has 2 aliphatic carbocycles. The zero-order valence-electron chi connectivity index (χ0n) is 17.3. The van der Waals surface area contributed by atoms with Crippen LogP contribution in [-0.4, -0.2) is 65.2 Å². The molecule has 2 heterocycles. The van der Waals surface area contributed by atoms with Gasteiger partial charge < -0.3 is 20.6 Å². The Morgan fingerprint density at radius 2 is 2.03 bits per heavy atom. The van der Waals surface area contributed by atoms with Gasteiger partial charge in [-0.05, 0) is 64.6 Å². The molecule has 7 nitrogen and oxygen atoms in total. The molecule has 1 atom stereocenters. The zero-order valence-corrected chi connectivity index (χ0v) is 18.1. The van der Waals surface area contributed by atoms with Gasteiger partial charge in [-0.25, -0.2) is 9.97 Å². The highest BCUT2D eigenvalue weighted by atomic mass is 32.1. The van der Waals surface area contributed by atoms with E-state index in [1.165, 1.54) is 17.7 Å². The van der Waals surface area contributed by atoms with Crippen molar-refractivity contribution in [3.05, 3.63) is 16.8 Å². The predicted octanol–water partition coefficient (Wildman–Crippen LogP) is 2.50. The Bertz CT molecular complexity index is 860. The Labute approximate surface area is 175 Å². The van der Waals surface area contributed by atoms with Crippen molar-refractivity contribution in [2.24, 2.45) is 0 Å². The molecule has 1 saturated carbocycles. The van der Waals surface area contributed by atoms with Gasteiger partial charge in [0, 0.05) is 30.1 Å². The summed E-state index contributed by atoms with van der Waals surface area (Å²) in [4.78, 5) is 26.4. The highest BCUT2D eigenvalue weighted by Crippen LogP contribution is 2.45. The highest BCUT2D eigenvalue weighted by Gasteiger charge is 2.34. The number of amides is 1. The minimum absolute atomic E-state index is 0.0539. The van der Waals surface area contributed by atoms with E-state index in [4.69, 9.17) is 5.11 Å². The molecule has 0 spiro atoms. The van der Waals surface area contributed by atoms with E-state index in [2.05, 4.69) is 39.6 Å². The standard InChI is InChI=1S/C21H31N5O2S/c1-26(2)14-6-4-13(5-7-14)25-19-18-17-15(20(28)22-10-3-11-27)8-9-16(17)29-21(18)24-12-23-19/h12-15,27H,3-11H2,1-2H3,(H,22,28)(H,23,24,25)/t13-,14-,15?. The number of carbonyl (C=O) groups is 1. The molecule has 2 aromatic rings. The first kappa shape index (κ1) is 20.5. The van der Waals surface area contributed by atoms with Crippen LogP contribution in [0.4, 0.5) is 5.82 Å². The van der Waals surface area contributed by atoms with Crippen LogP contribution in [0.15, 0.2) is 6.33 Å². The number of aliphatic hydroxyl groups is 1. The van der Waals surface area contributed by atoms with Crippen LogP contribution in [0.25, 0.3) is 10.2 Å². The van der Waals surface area contributed by atoms with Gasteiger partial charge in [-0.2, -0.15) is 0 Å². The summed E-state index contributed by atoms with van der Waals surface area (Å²) >= 11 is 1.70. The molecule has 2 aromatic heterocycles. The second kappa shape index (κ2) is 8.93. The normalized spacial score (nSPS) is 24.1. The second-order valence-corrected chi connectivity index (χ2v) is 9.50. The molecule has 2 aliphatic rings. The lowest BCUT2D eigenvalue weighted by atomic mass is 9.90. The number of aryl methyl sites for hydroxylation is 1. The largest absolute Gasteiger partial charge is 0.396 e. The lowest BCUT2D eigenvalue weighted by Crippen LogP contribution is -2.36. The topological polar surface area (TPSA) is 90.4 Å². The lowest BCUT2D eigenvalue weighted by molar-refractivity contribution is -0.122. The van der Waals surface area contributed by atoms with Crippen molar-refractivity contribution in [3.8, 4) is 0 Å². The van der Waals surface area contributed by atoms with E-state index in [0.717, 1.165) is 47.3 Å². The summed E-state index contributed by atoms with van der Waals surface area (Å²) in [5, 5.41) is 16.7. The Balaban J connectivity index is 1.55. The number of nitrogens with one attached hydrogen (secondary N) is 2. The van der Waals surface area contributed by atoms with E-state index in [0.29, 0.717) is 25.0 Å². The van der Waals surface area contributed by atoms with Crippen LogP contribution in [0.1, 0.15) is 54.9 Å². The number of aliphatic hydroxyl groups excluding tert-OH is 1. The molecule has 0 aliphatic heterocycles. The third-order valence-electron chi connectivity index (χ3n) is 6.33. The fourth-order valence-corrected chi connectivity index (χ4v) is 5.91. The van der Waals surface area contributed by atoms with Gasteiger partial charge in [0.25, 0.3) is 0 Å².